The lowest BCUT2D eigenvalue weighted by Crippen LogP contribution is -2.48. The molecule has 1 aliphatic heterocycles. The second-order valence-electron chi connectivity index (χ2n) is 5.61. The van der Waals surface area contributed by atoms with E-state index < -0.39 is 4.92 Å². The molecular weight excluding hydrogens is 290 g/mol. The first-order valence-electron chi connectivity index (χ1n) is 7.40. The normalized spacial score (nSPS) is 18.6. The van der Waals surface area contributed by atoms with Gasteiger partial charge in [0.1, 0.15) is 5.02 Å². The highest BCUT2D eigenvalue weighted by atomic mass is 35.5. The summed E-state index contributed by atoms with van der Waals surface area (Å²) < 4.78 is 0. The first kappa shape index (κ1) is 16.2. The van der Waals surface area contributed by atoms with E-state index in [0.29, 0.717) is 6.04 Å². The van der Waals surface area contributed by atoms with Crippen LogP contribution < -0.4 is 0 Å². The summed E-state index contributed by atoms with van der Waals surface area (Å²) in [6.07, 6.45) is 1.17. The molecule has 1 heterocycles. The van der Waals surface area contributed by atoms with Gasteiger partial charge >= 0.3 is 0 Å². The van der Waals surface area contributed by atoms with E-state index in [1.807, 2.05) is 6.07 Å². The summed E-state index contributed by atoms with van der Waals surface area (Å²) in [6, 6.07) is 5.70. The smallest absolute Gasteiger partial charge is 0.288 e. The number of nitrogens with zero attached hydrogens (tertiary/aromatic N) is 3. The predicted molar refractivity (Wildman–Crippen MR) is 84.7 cm³/mol. The van der Waals surface area contributed by atoms with Crippen LogP contribution in [0.2, 0.25) is 5.02 Å². The van der Waals surface area contributed by atoms with Crippen LogP contribution in [0.4, 0.5) is 5.69 Å². The van der Waals surface area contributed by atoms with Crippen molar-refractivity contribution in [3.63, 3.8) is 0 Å². The van der Waals surface area contributed by atoms with Gasteiger partial charge in [-0.1, -0.05) is 24.6 Å². The van der Waals surface area contributed by atoms with E-state index in [2.05, 4.69) is 23.6 Å². The molecule has 21 heavy (non-hydrogen) atoms. The number of piperazine rings is 1. The topological polar surface area (TPSA) is 49.6 Å². The summed E-state index contributed by atoms with van der Waals surface area (Å²) in [5.41, 5.74) is 0.940. The Morgan fingerprint density at radius 3 is 2.57 bits per heavy atom. The number of benzene rings is 1. The van der Waals surface area contributed by atoms with E-state index in [-0.39, 0.29) is 10.7 Å². The maximum absolute atomic E-state index is 10.9. The van der Waals surface area contributed by atoms with Gasteiger partial charge in [0.25, 0.3) is 5.69 Å². The zero-order valence-electron chi connectivity index (χ0n) is 12.6. The molecule has 5 nitrogen and oxygen atoms in total. The lowest BCUT2D eigenvalue weighted by Gasteiger charge is -2.37. The second-order valence-corrected chi connectivity index (χ2v) is 6.02. The number of halogens is 1. The Balaban J connectivity index is 1.95. The highest BCUT2D eigenvalue weighted by Crippen LogP contribution is 2.25. The van der Waals surface area contributed by atoms with Crippen LogP contribution in [-0.2, 0) is 6.54 Å². The van der Waals surface area contributed by atoms with Crippen molar-refractivity contribution >= 4 is 17.3 Å². The van der Waals surface area contributed by atoms with Gasteiger partial charge in [0.2, 0.25) is 0 Å². The van der Waals surface area contributed by atoms with E-state index in [0.717, 1.165) is 38.3 Å². The zero-order chi connectivity index (χ0) is 15.4. The molecule has 0 saturated carbocycles. The van der Waals surface area contributed by atoms with Crippen LogP contribution in [-0.4, -0.2) is 46.9 Å². The summed E-state index contributed by atoms with van der Waals surface area (Å²) in [5.74, 6) is 0. The summed E-state index contributed by atoms with van der Waals surface area (Å²) >= 11 is 5.84. The van der Waals surface area contributed by atoms with Gasteiger partial charge in [-0.3, -0.25) is 19.9 Å². The van der Waals surface area contributed by atoms with Crippen LogP contribution in [0.25, 0.3) is 0 Å². The molecule has 6 heteroatoms. The first-order valence-corrected chi connectivity index (χ1v) is 7.78. The minimum Gasteiger partial charge on any atom is -0.298 e. The molecule has 0 aliphatic carbocycles. The molecule has 1 aliphatic rings. The van der Waals surface area contributed by atoms with Crippen LogP contribution >= 0.6 is 11.6 Å². The number of nitro benzene ring substituents is 1. The number of rotatable bonds is 5. The molecule has 1 aromatic rings. The molecule has 2 rings (SSSR count). The first-order chi connectivity index (χ1) is 10.0. The van der Waals surface area contributed by atoms with Crippen molar-refractivity contribution in [1.29, 1.82) is 0 Å². The van der Waals surface area contributed by atoms with E-state index in [1.54, 1.807) is 12.1 Å². The quantitative estimate of drug-likeness (QED) is 0.619. The largest absolute Gasteiger partial charge is 0.298 e. The molecular formula is C15H22ClN3O2. The monoisotopic (exact) mass is 311 g/mol. The van der Waals surface area contributed by atoms with Gasteiger partial charge in [0, 0.05) is 44.8 Å². The number of hydrogen-bond donors (Lipinski definition) is 0. The Morgan fingerprint density at radius 1 is 1.33 bits per heavy atom. The molecule has 0 radical (unpaired) electrons. The Hall–Kier alpha value is -1.17. The molecule has 0 aromatic heterocycles. The molecule has 116 valence electrons. The molecule has 1 saturated heterocycles. The Kier molecular flexibility index (Phi) is 5.56. The lowest BCUT2D eigenvalue weighted by molar-refractivity contribution is -0.384. The van der Waals surface area contributed by atoms with Crippen molar-refractivity contribution in [1.82, 2.24) is 9.80 Å². The van der Waals surface area contributed by atoms with Crippen LogP contribution in [0, 0.1) is 10.1 Å². The number of nitro groups is 1. The van der Waals surface area contributed by atoms with E-state index in [4.69, 9.17) is 11.6 Å². The van der Waals surface area contributed by atoms with Crippen LogP contribution in [0.1, 0.15) is 25.8 Å². The van der Waals surface area contributed by atoms with Crippen molar-refractivity contribution < 1.29 is 4.92 Å². The minimum absolute atomic E-state index is 0.00703. The van der Waals surface area contributed by atoms with Gasteiger partial charge in [0.15, 0.2) is 0 Å². The molecule has 1 unspecified atom stereocenters. The Morgan fingerprint density at radius 2 is 2.00 bits per heavy atom. The van der Waals surface area contributed by atoms with Crippen LogP contribution in [0.3, 0.4) is 0 Å². The summed E-state index contributed by atoms with van der Waals surface area (Å²) in [6.45, 7) is 9.34. The summed E-state index contributed by atoms with van der Waals surface area (Å²) in [5, 5.41) is 11.1. The van der Waals surface area contributed by atoms with Crippen molar-refractivity contribution in [3.8, 4) is 0 Å². The van der Waals surface area contributed by atoms with Crippen molar-refractivity contribution in [2.75, 3.05) is 26.2 Å². The van der Waals surface area contributed by atoms with Gasteiger partial charge in [-0.2, -0.15) is 0 Å². The fraction of sp³-hybridized carbons (Fsp3) is 0.600. The molecule has 0 N–H and O–H groups in total. The fourth-order valence-corrected chi connectivity index (χ4v) is 2.86. The van der Waals surface area contributed by atoms with E-state index in [9.17, 15) is 10.1 Å². The maximum Gasteiger partial charge on any atom is 0.288 e. The van der Waals surface area contributed by atoms with Gasteiger partial charge in [0.05, 0.1) is 4.92 Å². The third kappa shape index (κ3) is 4.15. The highest BCUT2D eigenvalue weighted by Gasteiger charge is 2.21. The van der Waals surface area contributed by atoms with Crippen molar-refractivity contribution in [2.45, 2.75) is 32.9 Å². The third-order valence-corrected chi connectivity index (χ3v) is 4.55. The Bertz CT molecular complexity index is 502. The predicted octanol–water partition coefficient (Wildman–Crippen LogP) is 3.16. The molecule has 0 spiro atoms. The van der Waals surface area contributed by atoms with Crippen LogP contribution in [0.5, 0.6) is 0 Å². The summed E-state index contributed by atoms with van der Waals surface area (Å²) in [4.78, 5) is 15.3. The molecule has 0 amide bonds. The van der Waals surface area contributed by atoms with Crippen molar-refractivity contribution in [3.05, 3.63) is 38.9 Å². The van der Waals surface area contributed by atoms with Gasteiger partial charge in [-0.25, -0.2) is 0 Å². The van der Waals surface area contributed by atoms with E-state index >= 15 is 0 Å². The van der Waals surface area contributed by atoms with Gasteiger partial charge in [-0.05, 0) is 25.0 Å². The standard InChI is InChI=1S/C15H22ClN3O2/c1-3-12(2)18-8-6-17(7-9-18)11-13-4-5-14(16)15(10-13)19(20)21/h4-5,10,12H,3,6-9,11H2,1-2H3. The highest BCUT2D eigenvalue weighted by molar-refractivity contribution is 6.32. The van der Waals surface area contributed by atoms with Crippen molar-refractivity contribution in [2.24, 2.45) is 0 Å². The SMILES string of the molecule is CCC(C)N1CCN(Cc2ccc(Cl)c([N+](=O)[O-])c2)CC1. The average molecular weight is 312 g/mol. The van der Waals surface area contributed by atoms with E-state index in [1.165, 1.54) is 6.42 Å². The average Bonchev–Trinajstić information content (AvgIpc) is 2.49. The maximum atomic E-state index is 10.9. The molecule has 1 fully saturated rings. The zero-order valence-corrected chi connectivity index (χ0v) is 13.3. The molecule has 0 bridgehead atoms. The third-order valence-electron chi connectivity index (χ3n) is 4.23. The molecule has 1 aromatic carbocycles. The van der Waals surface area contributed by atoms with Gasteiger partial charge < -0.3 is 0 Å². The number of hydrogen-bond acceptors (Lipinski definition) is 4. The lowest BCUT2D eigenvalue weighted by atomic mass is 10.1. The summed E-state index contributed by atoms with van der Waals surface area (Å²) in [7, 11) is 0. The van der Waals surface area contributed by atoms with Gasteiger partial charge in [-0.15, -0.1) is 0 Å². The Labute approximate surface area is 130 Å². The molecule has 1 atom stereocenters. The second kappa shape index (κ2) is 7.20. The van der Waals surface area contributed by atoms with Crippen LogP contribution in [0.15, 0.2) is 18.2 Å². The minimum atomic E-state index is -0.424. The fourth-order valence-electron chi connectivity index (χ4n) is 2.68.